The maximum atomic E-state index is 12.3. The van der Waals surface area contributed by atoms with E-state index >= 15 is 0 Å². The number of benzene rings is 1. The largest absolute Gasteiger partial charge is 0.389 e. The number of hydrogen-bond donors (Lipinski definition) is 1. The molecule has 1 heterocycles. The summed E-state index contributed by atoms with van der Waals surface area (Å²) in [5.41, 5.74) is 6.97. The van der Waals surface area contributed by atoms with Crippen molar-refractivity contribution in [1.29, 1.82) is 0 Å². The van der Waals surface area contributed by atoms with E-state index in [2.05, 4.69) is 0 Å². The van der Waals surface area contributed by atoms with Crippen LogP contribution in [0.3, 0.4) is 0 Å². The molecule has 2 rings (SSSR count). The lowest BCUT2D eigenvalue weighted by Gasteiger charge is -2.22. The van der Waals surface area contributed by atoms with Gasteiger partial charge in [-0.25, -0.2) is 8.42 Å². The Hall–Kier alpha value is -1.02. The molecule has 2 N–H and O–H groups in total. The average molecular weight is 314 g/mol. The van der Waals surface area contributed by atoms with Crippen molar-refractivity contribution >= 4 is 27.2 Å². The van der Waals surface area contributed by atoms with Crippen molar-refractivity contribution in [2.45, 2.75) is 18.2 Å². The van der Waals surface area contributed by atoms with Crippen LogP contribution in [0.2, 0.25) is 0 Å². The molecule has 0 bridgehead atoms. The van der Waals surface area contributed by atoms with Gasteiger partial charge in [-0.05, 0) is 12.0 Å². The molecule has 1 atom stereocenters. The number of hydrogen-bond acceptors (Lipinski definition) is 4. The predicted octanol–water partition coefficient (Wildman–Crippen LogP) is 0.871. The van der Waals surface area contributed by atoms with Gasteiger partial charge in [-0.15, -0.1) is 0 Å². The number of rotatable bonds is 5. The predicted molar refractivity (Wildman–Crippen MR) is 81.9 cm³/mol. The summed E-state index contributed by atoms with van der Waals surface area (Å²) in [7, 11) is -1.73. The maximum Gasteiger partial charge on any atom is 0.218 e. The Labute approximate surface area is 124 Å². The summed E-state index contributed by atoms with van der Waals surface area (Å²) in [5.74, 6) is -0.0301. The van der Waals surface area contributed by atoms with Crippen LogP contribution >= 0.6 is 12.2 Å². The Morgan fingerprint density at radius 2 is 2.10 bits per heavy atom. The highest BCUT2D eigenvalue weighted by molar-refractivity contribution is 7.88. The van der Waals surface area contributed by atoms with Crippen molar-refractivity contribution in [3.63, 3.8) is 0 Å². The summed E-state index contributed by atoms with van der Waals surface area (Å²) in [6, 6.07) is 6.91. The fraction of sp³-hybridized carbons (Fsp3) is 0.462. The molecule has 110 valence electrons. The fourth-order valence-electron chi connectivity index (χ4n) is 2.11. The molecule has 0 aromatic heterocycles. The van der Waals surface area contributed by atoms with Gasteiger partial charge in [0.05, 0.1) is 18.4 Å². The standard InChI is InChI=1S/C13H18N2O3S2/c1-15(12-6-7-18-8-12)20(16,17)9-10-2-4-11(5-3-10)13(14)19/h2-5,12H,6-9H2,1H3,(H2,14,19). The van der Waals surface area contributed by atoms with Crippen LogP contribution < -0.4 is 5.73 Å². The lowest BCUT2D eigenvalue weighted by molar-refractivity contribution is 0.181. The van der Waals surface area contributed by atoms with E-state index in [9.17, 15) is 8.42 Å². The second kappa shape index (κ2) is 6.17. The van der Waals surface area contributed by atoms with Crippen LogP contribution in [0, 0.1) is 0 Å². The first-order valence-electron chi connectivity index (χ1n) is 6.32. The third-order valence-electron chi connectivity index (χ3n) is 3.45. The molecule has 1 fully saturated rings. The van der Waals surface area contributed by atoms with Crippen LogP contribution in [0.15, 0.2) is 24.3 Å². The summed E-state index contributed by atoms with van der Waals surface area (Å²) in [6.45, 7) is 1.09. The average Bonchev–Trinajstić information content (AvgIpc) is 2.91. The van der Waals surface area contributed by atoms with Crippen LogP contribution in [0.4, 0.5) is 0 Å². The van der Waals surface area contributed by atoms with Gasteiger partial charge < -0.3 is 10.5 Å². The number of nitrogens with two attached hydrogens (primary N) is 1. The zero-order chi connectivity index (χ0) is 14.8. The zero-order valence-corrected chi connectivity index (χ0v) is 12.9. The van der Waals surface area contributed by atoms with Gasteiger partial charge in [0.15, 0.2) is 0 Å². The van der Waals surface area contributed by atoms with Gasteiger partial charge in [-0.1, -0.05) is 36.5 Å². The molecule has 20 heavy (non-hydrogen) atoms. The molecule has 1 aliphatic rings. The van der Waals surface area contributed by atoms with Crippen molar-refractivity contribution in [3.8, 4) is 0 Å². The van der Waals surface area contributed by atoms with Crippen LogP contribution in [0.5, 0.6) is 0 Å². The van der Waals surface area contributed by atoms with E-state index in [-0.39, 0.29) is 11.8 Å². The lowest BCUT2D eigenvalue weighted by Crippen LogP contribution is -2.38. The number of likely N-dealkylation sites (N-methyl/N-ethyl adjacent to an activating group) is 1. The van der Waals surface area contributed by atoms with E-state index in [0.29, 0.717) is 18.2 Å². The Morgan fingerprint density at radius 1 is 1.45 bits per heavy atom. The number of sulfonamides is 1. The molecule has 1 aromatic rings. The first kappa shape index (κ1) is 15.4. The maximum absolute atomic E-state index is 12.3. The molecule has 0 radical (unpaired) electrons. The van der Waals surface area contributed by atoms with Crippen LogP contribution in [0.25, 0.3) is 0 Å². The van der Waals surface area contributed by atoms with Crippen molar-refractivity contribution in [2.75, 3.05) is 20.3 Å². The molecule has 0 amide bonds. The number of ether oxygens (including phenoxy) is 1. The summed E-state index contributed by atoms with van der Waals surface area (Å²) < 4.78 is 31.3. The number of thiocarbonyl (C=S) groups is 1. The van der Waals surface area contributed by atoms with E-state index in [4.69, 9.17) is 22.7 Å². The van der Waals surface area contributed by atoms with Gasteiger partial charge in [0, 0.05) is 19.2 Å². The summed E-state index contributed by atoms with van der Waals surface area (Å²) in [4.78, 5) is 0.305. The summed E-state index contributed by atoms with van der Waals surface area (Å²) >= 11 is 4.87. The Bertz CT molecular complexity index is 578. The molecule has 7 heteroatoms. The summed E-state index contributed by atoms with van der Waals surface area (Å²) in [6.07, 6.45) is 0.746. The minimum Gasteiger partial charge on any atom is -0.389 e. The lowest BCUT2D eigenvalue weighted by atomic mass is 10.1. The van der Waals surface area contributed by atoms with E-state index in [1.165, 1.54) is 4.31 Å². The molecule has 1 saturated heterocycles. The Morgan fingerprint density at radius 3 is 2.60 bits per heavy atom. The minimum absolute atomic E-state index is 0.0301. The second-order valence-electron chi connectivity index (χ2n) is 4.85. The minimum atomic E-state index is -3.34. The molecular formula is C13H18N2O3S2. The van der Waals surface area contributed by atoms with E-state index < -0.39 is 10.0 Å². The second-order valence-corrected chi connectivity index (χ2v) is 7.32. The molecular weight excluding hydrogens is 296 g/mol. The van der Waals surface area contributed by atoms with Crippen LogP contribution in [0.1, 0.15) is 17.5 Å². The van der Waals surface area contributed by atoms with Gasteiger partial charge in [-0.2, -0.15) is 4.31 Å². The highest BCUT2D eigenvalue weighted by Gasteiger charge is 2.29. The SMILES string of the molecule is CN(C1CCOC1)S(=O)(=O)Cc1ccc(C(N)=S)cc1. The van der Waals surface area contributed by atoms with Gasteiger partial charge in [-0.3, -0.25) is 0 Å². The van der Waals surface area contributed by atoms with Crippen molar-refractivity contribution in [2.24, 2.45) is 5.73 Å². The van der Waals surface area contributed by atoms with E-state index in [1.54, 1.807) is 31.3 Å². The fourth-order valence-corrected chi connectivity index (χ4v) is 3.69. The number of nitrogens with zero attached hydrogens (tertiary/aromatic N) is 1. The molecule has 0 aliphatic carbocycles. The summed E-state index contributed by atoms with van der Waals surface area (Å²) in [5, 5.41) is 0. The van der Waals surface area contributed by atoms with Gasteiger partial charge >= 0.3 is 0 Å². The van der Waals surface area contributed by atoms with Gasteiger partial charge in [0.2, 0.25) is 10.0 Å². The molecule has 5 nitrogen and oxygen atoms in total. The normalized spacial score (nSPS) is 19.4. The Balaban J connectivity index is 2.09. The smallest absolute Gasteiger partial charge is 0.218 e. The quantitative estimate of drug-likeness (QED) is 0.817. The molecule has 0 spiro atoms. The highest BCUT2D eigenvalue weighted by Crippen LogP contribution is 2.18. The van der Waals surface area contributed by atoms with Crippen molar-refractivity contribution < 1.29 is 13.2 Å². The van der Waals surface area contributed by atoms with Crippen molar-refractivity contribution in [3.05, 3.63) is 35.4 Å². The third-order valence-corrected chi connectivity index (χ3v) is 5.56. The van der Waals surface area contributed by atoms with Gasteiger partial charge in [0.1, 0.15) is 4.99 Å². The first-order chi connectivity index (χ1) is 9.40. The van der Waals surface area contributed by atoms with E-state index in [0.717, 1.165) is 17.5 Å². The van der Waals surface area contributed by atoms with Crippen molar-refractivity contribution in [1.82, 2.24) is 4.31 Å². The van der Waals surface area contributed by atoms with Crippen LogP contribution in [-0.4, -0.2) is 44.0 Å². The third kappa shape index (κ3) is 3.54. The highest BCUT2D eigenvalue weighted by atomic mass is 32.2. The van der Waals surface area contributed by atoms with Gasteiger partial charge in [0.25, 0.3) is 0 Å². The van der Waals surface area contributed by atoms with E-state index in [1.807, 2.05) is 0 Å². The first-order valence-corrected chi connectivity index (χ1v) is 8.34. The Kier molecular flexibility index (Phi) is 4.74. The molecule has 1 aromatic carbocycles. The molecule has 1 aliphatic heterocycles. The zero-order valence-electron chi connectivity index (χ0n) is 11.3. The van der Waals surface area contributed by atoms with Crippen LogP contribution in [-0.2, 0) is 20.5 Å². The monoisotopic (exact) mass is 314 g/mol. The molecule has 1 unspecified atom stereocenters. The molecule has 0 saturated carbocycles. The topological polar surface area (TPSA) is 72.6 Å².